The topological polar surface area (TPSA) is 84.7 Å². The predicted octanol–water partition coefficient (Wildman–Crippen LogP) is 1.24. The molecule has 126 valence electrons. The normalized spacial score (nSPS) is 21.7. The molecule has 2 amide bonds. The number of fused-ring (bicyclic) bond motifs is 1. The van der Waals surface area contributed by atoms with Gasteiger partial charge in [0.25, 0.3) is 5.91 Å². The number of anilines is 1. The monoisotopic (exact) mass is 337 g/mol. The number of rotatable bonds is 4. The summed E-state index contributed by atoms with van der Waals surface area (Å²) < 4.78 is 5.28. The number of hydrogen-bond acceptors (Lipinski definition) is 5. The number of morpholine rings is 1. The van der Waals surface area contributed by atoms with Gasteiger partial charge in [0, 0.05) is 18.0 Å². The van der Waals surface area contributed by atoms with Gasteiger partial charge in [0.15, 0.2) is 0 Å². The Morgan fingerprint density at radius 1 is 1.39 bits per heavy atom. The molecular formula is C16H23N3O3S. The van der Waals surface area contributed by atoms with Gasteiger partial charge in [0.2, 0.25) is 5.91 Å². The lowest BCUT2D eigenvalue weighted by Gasteiger charge is -2.25. The molecule has 1 aliphatic heterocycles. The fraction of sp³-hybridized carbons (Fsp3) is 0.625. The molecule has 2 heterocycles. The predicted molar refractivity (Wildman–Crippen MR) is 89.9 cm³/mol. The van der Waals surface area contributed by atoms with Crippen LogP contribution >= 0.6 is 11.3 Å². The van der Waals surface area contributed by atoms with Crippen LogP contribution in [0.4, 0.5) is 5.00 Å². The lowest BCUT2D eigenvalue weighted by Crippen LogP contribution is -2.41. The Bertz CT molecular complexity index is 608. The summed E-state index contributed by atoms with van der Waals surface area (Å²) in [6, 6.07) is 0. The summed E-state index contributed by atoms with van der Waals surface area (Å²) in [5, 5.41) is 3.53. The van der Waals surface area contributed by atoms with Crippen LogP contribution in [0.1, 0.15) is 34.1 Å². The van der Waals surface area contributed by atoms with E-state index in [1.54, 1.807) is 0 Å². The molecule has 3 rings (SSSR count). The van der Waals surface area contributed by atoms with Crippen molar-refractivity contribution in [2.75, 3.05) is 38.2 Å². The van der Waals surface area contributed by atoms with Gasteiger partial charge in [-0.2, -0.15) is 0 Å². The van der Waals surface area contributed by atoms with Gasteiger partial charge < -0.3 is 15.8 Å². The Labute approximate surface area is 140 Å². The molecule has 23 heavy (non-hydrogen) atoms. The van der Waals surface area contributed by atoms with Crippen molar-refractivity contribution in [3.8, 4) is 0 Å². The number of ether oxygens (including phenoxy) is 1. The number of carbonyl (C=O) groups excluding carboxylic acids is 2. The third-order valence-electron chi connectivity index (χ3n) is 4.48. The van der Waals surface area contributed by atoms with Crippen LogP contribution in [0.3, 0.4) is 0 Å². The van der Waals surface area contributed by atoms with Crippen molar-refractivity contribution in [2.24, 2.45) is 11.7 Å². The molecule has 1 fully saturated rings. The molecule has 0 aromatic carbocycles. The van der Waals surface area contributed by atoms with Gasteiger partial charge in [-0.15, -0.1) is 11.3 Å². The highest BCUT2D eigenvalue weighted by Crippen LogP contribution is 2.39. The summed E-state index contributed by atoms with van der Waals surface area (Å²) in [6.45, 7) is 5.36. The van der Waals surface area contributed by atoms with Crippen LogP contribution in [0.15, 0.2) is 0 Å². The maximum Gasteiger partial charge on any atom is 0.251 e. The first-order valence-corrected chi connectivity index (χ1v) is 8.90. The van der Waals surface area contributed by atoms with E-state index in [-0.39, 0.29) is 5.91 Å². The quantitative estimate of drug-likeness (QED) is 0.866. The van der Waals surface area contributed by atoms with Gasteiger partial charge >= 0.3 is 0 Å². The summed E-state index contributed by atoms with van der Waals surface area (Å²) in [4.78, 5) is 27.4. The Kier molecular flexibility index (Phi) is 4.99. The van der Waals surface area contributed by atoms with E-state index in [1.165, 1.54) is 16.2 Å². The first kappa shape index (κ1) is 16.4. The second kappa shape index (κ2) is 6.98. The third kappa shape index (κ3) is 3.73. The second-order valence-corrected chi connectivity index (χ2v) is 7.46. The number of hydrogen-bond donors (Lipinski definition) is 2. The minimum absolute atomic E-state index is 0.0963. The number of nitrogens with zero attached hydrogens (tertiary/aromatic N) is 1. The molecule has 7 heteroatoms. The Hall–Kier alpha value is -1.44. The van der Waals surface area contributed by atoms with Gasteiger partial charge in [-0.3, -0.25) is 14.5 Å². The molecule has 1 atom stereocenters. The molecule has 1 saturated heterocycles. The molecular weight excluding hydrogens is 314 g/mol. The van der Waals surface area contributed by atoms with Gasteiger partial charge in [-0.05, 0) is 30.7 Å². The minimum Gasteiger partial charge on any atom is -0.379 e. The largest absolute Gasteiger partial charge is 0.379 e. The number of thiophene rings is 1. The third-order valence-corrected chi connectivity index (χ3v) is 5.65. The van der Waals surface area contributed by atoms with Crippen LogP contribution in [0.2, 0.25) is 0 Å². The van der Waals surface area contributed by atoms with Crippen molar-refractivity contribution in [3.05, 3.63) is 16.0 Å². The molecule has 0 radical (unpaired) electrons. The van der Waals surface area contributed by atoms with Crippen molar-refractivity contribution in [2.45, 2.75) is 26.2 Å². The van der Waals surface area contributed by atoms with E-state index in [4.69, 9.17) is 10.5 Å². The maximum atomic E-state index is 12.3. The van der Waals surface area contributed by atoms with E-state index in [9.17, 15) is 9.59 Å². The highest BCUT2D eigenvalue weighted by Gasteiger charge is 2.27. The Morgan fingerprint density at radius 3 is 2.83 bits per heavy atom. The van der Waals surface area contributed by atoms with Gasteiger partial charge in [0.05, 0.1) is 25.3 Å². The molecule has 1 aromatic rings. The summed E-state index contributed by atoms with van der Waals surface area (Å²) in [5.41, 5.74) is 7.13. The van der Waals surface area contributed by atoms with Gasteiger partial charge in [-0.1, -0.05) is 6.92 Å². The first-order valence-electron chi connectivity index (χ1n) is 8.09. The molecule has 1 aromatic heterocycles. The van der Waals surface area contributed by atoms with E-state index in [2.05, 4.69) is 17.1 Å². The molecule has 0 saturated carbocycles. The summed E-state index contributed by atoms with van der Waals surface area (Å²) in [6.07, 6.45) is 2.88. The number of primary amides is 1. The minimum atomic E-state index is -0.446. The van der Waals surface area contributed by atoms with Crippen LogP contribution in [-0.2, 0) is 22.4 Å². The average molecular weight is 337 g/mol. The van der Waals surface area contributed by atoms with E-state index in [1.807, 2.05) is 0 Å². The second-order valence-electron chi connectivity index (χ2n) is 6.36. The number of amides is 2. The molecule has 0 spiro atoms. The molecule has 0 unspecified atom stereocenters. The molecule has 3 N–H and O–H groups in total. The van der Waals surface area contributed by atoms with E-state index in [0.29, 0.717) is 36.2 Å². The zero-order valence-corrected chi connectivity index (χ0v) is 14.2. The molecule has 0 bridgehead atoms. The van der Waals surface area contributed by atoms with E-state index in [0.717, 1.165) is 37.9 Å². The smallest absolute Gasteiger partial charge is 0.251 e. The highest BCUT2D eigenvalue weighted by molar-refractivity contribution is 7.17. The van der Waals surface area contributed by atoms with Crippen LogP contribution in [0.5, 0.6) is 0 Å². The van der Waals surface area contributed by atoms with Crippen LogP contribution in [0, 0.1) is 5.92 Å². The average Bonchev–Trinajstić information content (AvgIpc) is 2.84. The van der Waals surface area contributed by atoms with Gasteiger partial charge in [-0.25, -0.2) is 0 Å². The van der Waals surface area contributed by atoms with Crippen LogP contribution < -0.4 is 11.1 Å². The standard InChI is InChI=1S/C16H23N3O3S/c1-10-2-3-11-12(8-10)23-16(14(11)15(17)21)18-13(20)9-19-4-6-22-7-5-19/h10H,2-9H2,1H3,(H2,17,21)(H,18,20)/t10-/m1/s1. The lowest BCUT2D eigenvalue weighted by molar-refractivity contribution is -0.118. The molecule has 6 nitrogen and oxygen atoms in total. The van der Waals surface area contributed by atoms with Crippen LogP contribution in [0.25, 0.3) is 0 Å². The Morgan fingerprint density at radius 2 is 2.13 bits per heavy atom. The summed E-state index contributed by atoms with van der Waals surface area (Å²) >= 11 is 1.51. The first-order chi connectivity index (χ1) is 11.0. The zero-order chi connectivity index (χ0) is 16.4. The van der Waals surface area contributed by atoms with E-state index >= 15 is 0 Å². The fourth-order valence-corrected chi connectivity index (χ4v) is 4.66. The summed E-state index contributed by atoms with van der Waals surface area (Å²) in [5.74, 6) is 0.0681. The van der Waals surface area contributed by atoms with E-state index < -0.39 is 5.91 Å². The van der Waals surface area contributed by atoms with Gasteiger partial charge in [0.1, 0.15) is 5.00 Å². The fourth-order valence-electron chi connectivity index (χ4n) is 3.23. The van der Waals surface area contributed by atoms with Crippen molar-refractivity contribution >= 4 is 28.2 Å². The Balaban J connectivity index is 1.74. The van der Waals surface area contributed by atoms with Crippen molar-refractivity contribution < 1.29 is 14.3 Å². The molecule has 1 aliphatic carbocycles. The number of nitrogens with two attached hydrogens (primary N) is 1. The lowest BCUT2D eigenvalue weighted by atomic mass is 9.88. The highest BCUT2D eigenvalue weighted by atomic mass is 32.1. The van der Waals surface area contributed by atoms with Crippen LogP contribution in [-0.4, -0.2) is 49.6 Å². The van der Waals surface area contributed by atoms with Crippen molar-refractivity contribution in [3.63, 3.8) is 0 Å². The zero-order valence-electron chi connectivity index (χ0n) is 13.4. The number of nitrogens with one attached hydrogen (secondary N) is 1. The maximum absolute atomic E-state index is 12.3. The molecule has 2 aliphatic rings. The van der Waals surface area contributed by atoms with Crippen molar-refractivity contribution in [1.82, 2.24) is 4.90 Å². The number of carbonyl (C=O) groups is 2. The van der Waals surface area contributed by atoms with Crippen molar-refractivity contribution in [1.29, 1.82) is 0 Å². The SMILES string of the molecule is C[C@@H]1CCc2c(sc(NC(=O)CN3CCOCC3)c2C(N)=O)C1. The summed E-state index contributed by atoms with van der Waals surface area (Å²) in [7, 11) is 0.